The standard InChI is InChI=1S/C13H25N3S/c1-4-5-6-7-8-12-15-16-13(17-12)10-14-9-11(2)3/h11,14H,4-10H2,1-3H3. The number of unbranched alkanes of at least 4 members (excludes halogenated alkanes) is 3. The van der Waals surface area contributed by atoms with Crippen LogP contribution < -0.4 is 5.32 Å². The van der Waals surface area contributed by atoms with Crippen molar-refractivity contribution in [1.29, 1.82) is 0 Å². The van der Waals surface area contributed by atoms with Crippen LogP contribution in [-0.4, -0.2) is 16.7 Å². The van der Waals surface area contributed by atoms with Crippen LogP contribution in [0.2, 0.25) is 0 Å². The largest absolute Gasteiger partial charge is 0.310 e. The first-order chi connectivity index (χ1) is 8.22. The summed E-state index contributed by atoms with van der Waals surface area (Å²) in [6, 6.07) is 0. The molecule has 0 fully saturated rings. The Hall–Kier alpha value is -0.480. The van der Waals surface area contributed by atoms with E-state index in [2.05, 4.69) is 36.3 Å². The second kappa shape index (κ2) is 8.59. The molecule has 0 amide bonds. The fourth-order valence-corrected chi connectivity index (χ4v) is 2.49. The van der Waals surface area contributed by atoms with Crippen molar-refractivity contribution >= 4 is 11.3 Å². The highest BCUT2D eigenvalue weighted by atomic mass is 32.1. The van der Waals surface area contributed by atoms with Gasteiger partial charge in [0.2, 0.25) is 0 Å². The lowest BCUT2D eigenvalue weighted by molar-refractivity contribution is 0.550. The first kappa shape index (κ1) is 14.6. The molecule has 0 atom stereocenters. The van der Waals surface area contributed by atoms with Gasteiger partial charge < -0.3 is 5.32 Å². The Kier molecular flexibility index (Phi) is 7.37. The lowest BCUT2D eigenvalue weighted by atomic mass is 10.2. The normalized spacial score (nSPS) is 11.3. The van der Waals surface area contributed by atoms with Gasteiger partial charge in [0.05, 0.1) is 0 Å². The highest BCUT2D eigenvalue weighted by Gasteiger charge is 2.04. The lowest BCUT2D eigenvalue weighted by Gasteiger charge is -2.03. The van der Waals surface area contributed by atoms with Crippen molar-refractivity contribution in [3.8, 4) is 0 Å². The average Bonchev–Trinajstić information content (AvgIpc) is 2.72. The van der Waals surface area contributed by atoms with Crippen LogP contribution in [0.25, 0.3) is 0 Å². The fourth-order valence-electron chi connectivity index (χ4n) is 1.63. The number of aromatic nitrogens is 2. The van der Waals surface area contributed by atoms with Crippen LogP contribution in [0.3, 0.4) is 0 Å². The fraction of sp³-hybridized carbons (Fsp3) is 0.846. The minimum absolute atomic E-state index is 0.691. The van der Waals surface area contributed by atoms with E-state index in [4.69, 9.17) is 0 Å². The molecule has 0 spiro atoms. The number of nitrogens with one attached hydrogen (secondary N) is 1. The molecular weight excluding hydrogens is 230 g/mol. The topological polar surface area (TPSA) is 37.8 Å². The van der Waals surface area contributed by atoms with Crippen LogP contribution in [0.15, 0.2) is 0 Å². The maximum Gasteiger partial charge on any atom is 0.131 e. The molecule has 98 valence electrons. The Labute approximate surface area is 109 Å². The van der Waals surface area contributed by atoms with E-state index in [0.717, 1.165) is 24.5 Å². The maximum atomic E-state index is 4.24. The van der Waals surface area contributed by atoms with Crippen molar-refractivity contribution in [2.45, 2.75) is 59.4 Å². The predicted octanol–water partition coefficient (Wildman–Crippen LogP) is 3.41. The molecule has 1 N–H and O–H groups in total. The Morgan fingerprint density at radius 1 is 1.12 bits per heavy atom. The second-order valence-electron chi connectivity index (χ2n) is 4.92. The molecule has 1 aromatic heterocycles. The molecule has 3 nitrogen and oxygen atoms in total. The van der Waals surface area contributed by atoms with Crippen molar-refractivity contribution < 1.29 is 0 Å². The molecule has 0 saturated carbocycles. The Bertz CT molecular complexity index is 297. The molecule has 1 heterocycles. The number of nitrogens with zero attached hydrogens (tertiary/aromatic N) is 2. The molecule has 4 heteroatoms. The van der Waals surface area contributed by atoms with Gasteiger partial charge in [-0.3, -0.25) is 0 Å². The Morgan fingerprint density at radius 3 is 2.59 bits per heavy atom. The van der Waals surface area contributed by atoms with Crippen molar-refractivity contribution in [2.24, 2.45) is 5.92 Å². The summed E-state index contributed by atoms with van der Waals surface area (Å²) in [5.74, 6) is 0.691. The molecule has 0 saturated heterocycles. The summed E-state index contributed by atoms with van der Waals surface area (Å²) in [5, 5.41) is 14.2. The zero-order valence-corrected chi connectivity index (χ0v) is 12.1. The van der Waals surface area contributed by atoms with E-state index in [9.17, 15) is 0 Å². The molecular formula is C13H25N3S. The first-order valence-corrected chi connectivity index (χ1v) is 7.56. The van der Waals surface area contributed by atoms with Crippen LogP contribution in [0.1, 0.15) is 56.5 Å². The second-order valence-corrected chi connectivity index (χ2v) is 6.07. The van der Waals surface area contributed by atoms with Gasteiger partial charge in [-0.15, -0.1) is 21.5 Å². The number of hydrogen-bond acceptors (Lipinski definition) is 4. The van der Waals surface area contributed by atoms with Gasteiger partial charge in [-0.1, -0.05) is 40.0 Å². The Balaban J connectivity index is 2.18. The van der Waals surface area contributed by atoms with Gasteiger partial charge in [-0.25, -0.2) is 0 Å². The smallest absolute Gasteiger partial charge is 0.131 e. The summed E-state index contributed by atoms with van der Waals surface area (Å²) < 4.78 is 0. The average molecular weight is 255 g/mol. The lowest BCUT2D eigenvalue weighted by Crippen LogP contribution is -2.18. The zero-order valence-electron chi connectivity index (χ0n) is 11.3. The van der Waals surface area contributed by atoms with E-state index in [1.54, 1.807) is 11.3 Å². The quantitative estimate of drug-likeness (QED) is 0.687. The SMILES string of the molecule is CCCCCCc1nnc(CNCC(C)C)s1. The van der Waals surface area contributed by atoms with Crippen molar-refractivity contribution in [1.82, 2.24) is 15.5 Å². The van der Waals surface area contributed by atoms with Crippen LogP contribution in [0.5, 0.6) is 0 Å². The first-order valence-electron chi connectivity index (χ1n) is 6.74. The highest BCUT2D eigenvalue weighted by molar-refractivity contribution is 7.11. The molecule has 0 unspecified atom stereocenters. The van der Waals surface area contributed by atoms with Gasteiger partial charge in [-0.05, 0) is 18.9 Å². The van der Waals surface area contributed by atoms with Gasteiger partial charge in [0.15, 0.2) is 0 Å². The molecule has 0 aliphatic heterocycles. The van der Waals surface area contributed by atoms with E-state index < -0.39 is 0 Å². The van der Waals surface area contributed by atoms with Gasteiger partial charge in [-0.2, -0.15) is 0 Å². The third kappa shape index (κ3) is 6.74. The number of rotatable bonds is 9. The van der Waals surface area contributed by atoms with Crippen LogP contribution >= 0.6 is 11.3 Å². The molecule has 17 heavy (non-hydrogen) atoms. The van der Waals surface area contributed by atoms with Gasteiger partial charge >= 0.3 is 0 Å². The summed E-state index contributed by atoms with van der Waals surface area (Å²) in [7, 11) is 0. The van der Waals surface area contributed by atoms with E-state index in [1.165, 1.54) is 30.7 Å². The van der Waals surface area contributed by atoms with Crippen molar-refractivity contribution in [3.05, 3.63) is 10.0 Å². The van der Waals surface area contributed by atoms with E-state index >= 15 is 0 Å². The van der Waals surface area contributed by atoms with E-state index in [-0.39, 0.29) is 0 Å². The van der Waals surface area contributed by atoms with Crippen molar-refractivity contribution in [3.63, 3.8) is 0 Å². The number of aryl methyl sites for hydroxylation is 1. The van der Waals surface area contributed by atoms with Crippen molar-refractivity contribution in [2.75, 3.05) is 6.54 Å². The summed E-state index contributed by atoms with van der Waals surface area (Å²) in [5.41, 5.74) is 0. The molecule has 0 radical (unpaired) electrons. The third-order valence-electron chi connectivity index (χ3n) is 2.58. The van der Waals surface area contributed by atoms with Gasteiger partial charge in [0.1, 0.15) is 10.0 Å². The summed E-state index contributed by atoms with van der Waals surface area (Å²) in [4.78, 5) is 0. The van der Waals surface area contributed by atoms with Crippen LogP contribution in [0.4, 0.5) is 0 Å². The summed E-state index contributed by atoms with van der Waals surface area (Å²) >= 11 is 1.76. The molecule has 0 aromatic carbocycles. The molecule has 0 aliphatic rings. The van der Waals surface area contributed by atoms with Crippen LogP contribution in [0, 0.1) is 5.92 Å². The van der Waals surface area contributed by atoms with E-state index in [1.807, 2.05) is 0 Å². The summed E-state index contributed by atoms with van der Waals surface area (Å²) in [6.45, 7) is 8.58. The molecule has 0 aliphatic carbocycles. The molecule has 1 rings (SSSR count). The highest BCUT2D eigenvalue weighted by Crippen LogP contribution is 2.13. The minimum Gasteiger partial charge on any atom is -0.310 e. The number of hydrogen-bond donors (Lipinski definition) is 1. The van der Waals surface area contributed by atoms with E-state index in [0.29, 0.717) is 5.92 Å². The molecule has 1 aromatic rings. The summed E-state index contributed by atoms with van der Waals surface area (Å²) in [6.07, 6.45) is 6.29. The van der Waals surface area contributed by atoms with Gasteiger partial charge in [0, 0.05) is 13.0 Å². The minimum atomic E-state index is 0.691. The zero-order chi connectivity index (χ0) is 12.5. The van der Waals surface area contributed by atoms with Crippen LogP contribution in [-0.2, 0) is 13.0 Å². The maximum absolute atomic E-state index is 4.24. The Morgan fingerprint density at radius 2 is 1.88 bits per heavy atom. The molecule has 0 bridgehead atoms. The van der Waals surface area contributed by atoms with Gasteiger partial charge in [0.25, 0.3) is 0 Å². The monoisotopic (exact) mass is 255 g/mol. The predicted molar refractivity (Wildman–Crippen MR) is 74.3 cm³/mol. The third-order valence-corrected chi connectivity index (χ3v) is 3.56.